The molecule has 0 aromatic carbocycles. The summed E-state index contributed by atoms with van der Waals surface area (Å²) in [6, 6.07) is 8.28. The number of nitrogens with one attached hydrogen (secondary N) is 2. The highest BCUT2D eigenvalue weighted by atomic mass is 127. The van der Waals surface area contributed by atoms with Gasteiger partial charge in [-0.3, -0.25) is 0 Å². The Labute approximate surface area is 175 Å². The van der Waals surface area contributed by atoms with Crippen LogP contribution < -0.4 is 25.8 Å². The Bertz CT molecular complexity index is 684. The van der Waals surface area contributed by atoms with Crippen LogP contribution in [0.5, 0.6) is 11.8 Å². The van der Waals surface area contributed by atoms with E-state index < -0.39 is 18.3 Å². The zero-order chi connectivity index (χ0) is 21.2. The molecule has 11 nitrogen and oxygen atoms in total. The number of alkyl halides is 1. The largest absolute Gasteiger partial charge is 0.449 e. The predicted molar refractivity (Wildman–Crippen MR) is 108 cm³/mol. The Kier molecular flexibility index (Phi) is 14.4. The maximum absolute atomic E-state index is 10.6. The Morgan fingerprint density at radius 1 is 1.11 bits per heavy atom. The molecule has 154 valence electrons. The summed E-state index contributed by atoms with van der Waals surface area (Å²) >= 11 is 2.09. The lowest BCUT2D eigenvalue weighted by molar-refractivity contribution is 0.164. The molecule has 12 heteroatoms. The van der Waals surface area contributed by atoms with Crippen LogP contribution in [0.2, 0.25) is 0 Å². The molecule has 0 aliphatic rings. The second-order valence-electron chi connectivity index (χ2n) is 4.24. The second-order valence-corrected chi connectivity index (χ2v) is 5.31. The lowest BCUT2D eigenvalue weighted by Crippen LogP contribution is -2.22. The number of pyridine rings is 1. The topological polar surface area (TPSA) is 155 Å². The van der Waals surface area contributed by atoms with Gasteiger partial charge < -0.3 is 35.0 Å². The normalized spacial score (nSPS) is 8.68. The summed E-state index contributed by atoms with van der Waals surface area (Å²) < 4.78 is 19.1. The van der Waals surface area contributed by atoms with Gasteiger partial charge in [0.2, 0.25) is 5.88 Å². The summed E-state index contributed by atoms with van der Waals surface area (Å²) in [6.45, 7) is 0.413. The minimum absolute atomic E-state index is 0.194. The third kappa shape index (κ3) is 14.2. The molecule has 2 aromatic heterocycles. The molecule has 0 aliphatic heterocycles. The smallest absolute Gasteiger partial charge is 0.414 e. The van der Waals surface area contributed by atoms with E-state index in [9.17, 15) is 14.4 Å². The van der Waals surface area contributed by atoms with Crippen molar-refractivity contribution in [2.75, 3.05) is 25.1 Å². The summed E-state index contributed by atoms with van der Waals surface area (Å²) in [4.78, 5) is 34.6. The molecule has 0 spiro atoms. The van der Waals surface area contributed by atoms with Gasteiger partial charge in [-0.1, -0.05) is 28.7 Å². The van der Waals surface area contributed by atoms with Crippen molar-refractivity contribution >= 4 is 40.9 Å². The summed E-state index contributed by atoms with van der Waals surface area (Å²) in [6.07, 6.45) is 1.24. The first-order valence-electron chi connectivity index (χ1n) is 7.64. The number of nitrogens with zero attached hydrogens (tertiary/aromatic N) is 1. The molecule has 0 saturated heterocycles. The molecule has 4 N–H and O–H groups in total. The van der Waals surface area contributed by atoms with Gasteiger partial charge in [0.15, 0.2) is 0 Å². The van der Waals surface area contributed by atoms with Gasteiger partial charge in [-0.15, -0.1) is 0 Å². The van der Waals surface area contributed by atoms with Crippen molar-refractivity contribution in [3.8, 4) is 11.8 Å². The van der Waals surface area contributed by atoms with E-state index in [1.807, 2.05) is 0 Å². The predicted octanol–water partition coefficient (Wildman–Crippen LogP) is 2.31. The van der Waals surface area contributed by atoms with E-state index in [0.29, 0.717) is 12.5 Å². The number of carbonyl (C=O) groups is 3. The SMILES string of the molecule is CNC(=O)Oc1ccccn1.CNC(=O)Oc1ccco1.NC(=O)OCCI. The van der Waals surface area contributed by atoms with Crippen LogP contribution >= 0.6 is 22.6 Å². The maximum atomic E-state index is 10.6. The van der Waals surface area contributed by atoms with Crippen molar-refractivity contribution in [1.29, 1.82) is 0 Å². The molecule has 0 bridgehead atoms. The summed E-state index contributed by atoms with van der Waals surface area (Å²) in [5.74, 6) is 0.492. The van der Waals surface area contributed by atoms with Gasteiger partial charge in [0.25, 0.3) is 5.95 Å². The Hall–Kier alpha value is -3.03. The van der Waals surface area contributed by atoms with Crippen molar-refractivity contribution in [2.24, 2.45) is 5.73 Å². The molecule has 0 saturated carbocycles. The zero-order valence-electron chi connectivity index (χ0n) is 15.2. The van der Waals surface area contributed by atoms with Crippen LogP contribution in [0.1, 0.15) is 0 Å². The van der Waals surface area contributed by atoms with Crippen molar-refractivity contribution in [1.82, 2.24) is 15.6 Å². The first-order valence-corrected chi connectivity index (χ1v) is 9.17. The minimum atomic E-state index is -0.698. The van der Waals surface area contributed by atoms with Crippen LogP contribution in [0.25, 0.3) is 0 Å². The van der Waals surface area contributed by atoms with Gasteiger partial charge >= 0.3 is 18.3 Å². The second kappa shape index (κ2) is 16.2. The van der Waals surface area contributed by atoms with Crippen LogP contribution in [-0.2, 0) is 4.74 Å². The average molecular weight is 508 g/mol. The van der Waals surface area contributed by atoms with Crippen molar-refractivity contribution in [3.05, 3.63) is 42.8 Å². The molecule has 0 aliphatic carbocycles. The fraction of sp³-hybridized carbons (Fsp3) is 0.250. The first-order chi connectivity index (χ1) is 13.4. The minimum Gasteiger partial charge on any atom is -0.449 e. The van der Waals surface area contributed by atoms with Gasteiger partial charge in [0.05, 0.1) is 6.26 Å². The molecule has 0 fully saturated rings. The van der Waals surface area contributed by atoms with Crippen molar-refractivity contribution in [2.45, 2.75) is 0 Å². The fourth-order valence-electron chi connectivity index (χ4n) is 1.16. The average Bonchev–Trinajstić information content (AvgIpc) is 3.21. The number of nitrogens with two attached hydrogens (primary N) is 1. The van der Waals surface area contributed by atoms with Gasteiger partial charge in [-0.05, 0) is 12.1 Å². The molecule has 28 heavy (non-hydrogen) atoms. The van der Waals surface area contributed by atoms with Gasteiger partial charge in [0.1, 0.15) is 6.61 Å². The van der Waals surface area contributed by atoms with E-state index in [-0.39, 0.29) is 5.95 Å². The lowest BCUT2D eigenvalue weighted by Gasteiger charge is -1.99. The Morgan fingerprint density at radius 3 is 2.21 bits per heavy atom. The van der Waals surface area contributed by atoms with Crippen LogP contribution in [0, 0.1) is 0 Å². The molecular formula is C16H21IN4O7. The zero-order valence-corrected chi connectivity index (χ0v) is 17.4. The number of hydrogen-bond acceptors (Lipinski definition) is 8. The third-order valence-corrected chi connectivity index (χ3v) is 2.69. The van der Waals surface area contributed by atoms with E-state index in [2.05, 4.69) is 53.4 Å². The highest BCUT2D eigenvalue weighted by Gasteiger charge is 2.01. The molecule has 2 heterocycles. The van der Waals surface area contributed by atoms with E-state index in [4.69, 9.17) is 9.15 Å². The fourth-order valence-corrected chi connectivity index (χ4v) is 1.38. The van der Waals surface area contributed by atoms with E-state index in [1.165, 1.54) is 20.4 Å². The van der Waals surface area contributed by atoms with Gasteiger partial charge in [-0.2, -0.15) is 0 Å². The van der Waals surface area contributed by atoms with Gasteiger partial charge in [-0.25, -0.2) is 19.4 Å². The summed E-state index contributed by atoms with van der Waals surface area (Å²) in [5.41, 5.74) is 4.61. The number of carbonyl (C=O) groups excluding carboxylic acids is 3. The highest BCUT2D eigenvalue weighted by Crippen LogP contribution is 2.09. The Balaban J connectivity index is 0.000000402. The number of primary amides is 1. The first kappa shape index (κ1) is 25.0. The van der Waals surface area contributed by atoms with Crippen molar-refractivity contribution in [3.63, 3.8) is 0 Å². The number of ether oxygens (including phenoxy) is 3. The molecule has 0 atom stereocenters. The number of halogens is 1. The maximum Gasteiger partial charge on any atom is 0.414 e. The Morgan fingerprint density at radius 2 is 1.79 bits per heavy atom. The monoisotopic (exact) mass is 508 g/mol. The third-order valence-electron chi connectivity index (χ3n) is 2.25. The van der Waals surface area contributed by atoms with E-state index in [0.717, 1.165) is 4.43 Å². The quantitative estimate of drug-likeness (QED) is 0.420. The van der Waals surface area contributed by atoms with Crippen LogP contribution in [-0.4, -0.2) is 48.4 Å². The van der Waals surface area contributed by atoms with E-state index >= 15 is 0 Å². The van der Waals surface area contributed by atoms with Gasteiger partial charge in [0, 0.05) is 36.9 Å². The lowest BCUT2D eigenvalue weighted by atomic mass is 10.5. The standard InChI is InChI=1S/C7H8N2O2.C6H7NO3.C3H6INO2/c1-8-7(10)11-6-4-2-3-5-9-6;1-7-6(8)10-5-3-2-4-9-5;4-1-2-7-3(5)6/h2-5H,1H3,(H,8,10);2-4H,1H3,(H,7,8);1-2H2,(H2,5,6). The number of furan rings is 1. The van der Waals surface area contributed by atoms with Crippen LogP contribution in [0.3, 0.4) is 0 Å². The van der Waals surface area contributed by atoms with Crippen LogP contribution in [0.4, 0.5) is 14.4 Å². The molecule has 2 rings (SSSR count). The number of rotatable bonds is 4. The molecule has 2 aromatic rings. The molecule has 0 unspecified atom stereocenters. The number of hydrogen-bond donors (Lipinski definition) is 3. The van der Waals surface area contributed by atoms with Crippen molar-refractivity contribution < 1.29 is 33.0 Å². The molecule has 0 radical (unpaired) electrons. The molecular weight excluding hydrogens is 487 g/mol. The number of aromatic nitrogens is 1. The van der Waals surface area contributed by atoms with E-state index in [1.54, 1.807) is 36.5 Å². The number of amides is 3. The summed E-state index contributed by atoms with van der Waals surface area (Å²) in [7, 11) is 2.97. The summed E-state index contributed by atoms with van der Waals surface area (Å²) in [5, 5.41) is 4.59. The highest BCUT2D eigenvalue weighted by molar-refractivity contribution is 14.1. The van der Waals surface area contributed by atoms with Crippen LogP contribution in [0.15, 0.2) is 47.2 Å². The molecule has 3 amide bonds.